The molecule has 1 rings (SSSR count). The molecule has 6 heteroatoms. The van der Waals surface area contributed by atoms with Gasteiger partial charge in [-0.3, -0.25) is 4.21 Å². The Bertz CT molecular complexity index is 447. The molecule has 0 saturated heterocycles. The summed E-state index contributed by atoms with van der Waals surface area (Å²) in [5, 5.41) is 12.2. The molecular weight excluding hydrogens is 278 g/mol. The first kappa shape index (κ1) is 16.7. The van der Waals surface area contributed by atoms with Crippen molar-refractivity contribution in [2.24, 2.45) is 0 Å². The van der Waals surface area contributed by atoms with E-state index in [9.17, 15) is 9.00 Å². The van der Waals surface area contributed by atoms with Crippen LogP contribution in [0.2, 0.25) is 0 Å². The number of carboxylic acid groups (broad SMARTS) is 1. The summed E-state index contributed by atoms with van der Waals surface area (Å²) in [5.74, 6) is -0.291. The zero-order valence-electron chi connectivity index (χ0n) is 11.8. The van der Waals surface area contributed by atoms with Gasteiger partial charge in [-0.05, 0) is 37.2 Å². The van der Waals surface area contributed by atoms with Crippen molar-refractivity contribution in [1.82, 2.24) is 5.32 Å². The third-order valence-corrected chi connectivity index (χ3v) is 4.31. The molecule has 0 aliphatic rings. The largest absolute Gasteiger partial charge is 0.492 e. The molecule has 112 valence electrons. The van der Waals surface area contributed by atoms with Crippen LogP contribution in [-0.2, 0) is 10.8 Å². The predicted molar refractivity (Wildman–Crippen MR) is 79.9 cm³/mol. The molecule has 0 bridgehead atoms. The van der Waals surface area contributed by atoms with Crippen molar-refractivity contribution in [3.05, 3.63) is 29.8 Å². The normalized spacial score (nSPS) is 13.7. The summed E-state index contributed by atoms with van der Waals surface area (Å²) in [5.41, 5.74) is 0.247. The van der Waals surface area contributed by atoms with Crippen molar-refractivity contribution in [3.63, 3.8) is 0 Å². The van der Waals surface area contributed by atoms with Gasteiger partial charge < -0.3 is 15.2 Å². The first-order valence-corrected chi connectivity index (χ1v) is 8.12. The highest BCUT2D eigenvalue weighted by Gasteiger charge is 2.05. The minimum atomic E-state index is -0.944. The monoisotopic (exact) mass is 299 g/mol. The zero-order chi connectivity index (χ0) is 15.0. The van der Waals surface area contributed by atoms with Gasteiger partial charge in [0.15, 0.2) is 0 Å². The van der Waals surface area contributed by atoms with Gasteiger partial charge >= 0.3 is 5.97 Å². The molecule has 0 aliphatic heterocycles. The molecule has 0 spiro atoms. The van der Waals surface area contributed by atoms with E-state index >= 15 is 0 Å². The maximum Gasteiger partial charge on any atom is 0.335 e. The van der Waals surface area contributed by atoms with Gasteiger partial charge in [0.25, 0.3) is 0 Å². The maximum atomic E-state index is 11.1. The summed E-state index contributed by atoms with van der Waals surface area (Å²) in [7, 11) is -0.773. The molecule has 0 aromatic heterocycles. The lowest BCUT2D eigenvalue weighted by Gasteiger charge is -2.10. The molecule has 1 aromatic carbocycles. The molecule has 0 fully saturated rings. The fraction of sp³-hybridized carbons (Fsp3) is 0.500. The van der Waals surface area contributed by atoms with Gasteiger partial charge in [0.05, 0.1) is 5.56 Å². The lowest BCUT2D eigenvalue weighted by molar-refractivity contribution is 0.0697. The minimum absolute atomic E-state index is 0.201. The van der Waals surface area contributed by atoms with Gasteiger partial charge in [0, 0.05) is 28.9 Å². The Hall–Kier alpha value is -1.40. The summed E-state index contributed by atoms with van der Waals surface area (Å²) in [6.07, 6.45) is 2.59. The lowest BCUT2D eigenvalue weighted by atomic mass is 10.2. The highest BCUT2D eigenvalue weighted by Crippen LogP contribution is 2.11. The van der Waals surface area contributed by atoms with E-state index in [0.29, 0.717) is 18.9 Å². The van der Waals surface area contributed by atoms with Gasteiger partial charge in [-0.2, -0.15) is 0 Å². The van der Waals surface area contributed by atoms with Crippen LogP contribution < -0.4 is 10.1 Å². The summed E-state index contributed by atoms with van der Waals surface area (Å²) in [4.78, 5) is 10.7. The number of nitrogens with one attached hydrogen (secondary N) is 1. The number of rotatable bonds is 9. The van der Waals surface area contributed by atoms with Crippen molar-refractivity contribution in [2.75, 3.05) is 26.0 Å². The average molecular weight is 299 g/mol. The summed E-state index contributed by atoms with van der Waals surface area (Å²) >= 11 is 0. The maximum absolute atomic E-state index is 11.1. The van der Waals surface area contributed by atoms with Crippen molar-refractivity contribution in [3.8, 4) is 5.75 Å². The minimum Gasteiger partial charge on any atom is -0.492 e. The molecule has 0 amide bonds. The number of ether oxygens (including phenoxy) is 1. The molecular formula is C14H21NO4S. The highest BCUT2D eigenvalue weighted by molar-refractivity contribution is 7.84. The summed E-state index contributed by atoms with van der Waals surface area (Å²) in [6, 6.07) is 6.32. The van der Waals surface area contributed by atoms with Crippen LogP contribution in [0.25, 0.3) is 0 Å². The van der Waals surface area contributed by atoms with Gasteiger partial charge in [-0.15, -0.1) is 0 Å². The first-order valence-electron chi connectivity index (χ1n) is 6.50. The molecule has 0 heterocycles. The first-order chi connectivity index (χ1) is 9.50. The summed E-state index contributed by atoms with van der Waals surface area (Å²) in [6.45, 7) is 3.99. The van der Waals surface area contributed by atoms with E-state index in [-0.39, 0.29) is 10.8 Å². The Morgan fingerprint density at radius 1 is 1.35 bits per heavy atom. The number of hydrogen-bond donors (Lipinski definition) is 2. The Labute approximate surface area is 121 Å². The van der Waals surface area contributed by atoms with Crippen molar-refractivity contribution in [2.45, 2.75) is 18.6 Å². The lowest BCUT2D eigenvalue weighted by Crippen LogP contribution is -2.25. The fourth-order valence-corrected chi connectivity index (χ4v) is 1.98. The second kappa shape index (κ2) is 8.71. The second-order valence-electron chi connectivity index (χ2n) is 4.53. The van der Waals surface area contributed by atoms with Crippen LogP contribution in [0.4, 0.5) is 0 Å². The van der Waals surface area contributed by atoms with Crippen LogP contribution in [-0.4, -0.2) is 46.5 Å². The molecule has 1 aromatic rings. The zero-order valence-corrected chi connectivity index (χ0v) is 12.6. The Morgan fingerprint density at radius 3 is 2.55 bits per heavy atom. The van der Waals surface area contributed by atoms with Gasteiger partial charge in [0.2, 0.25) is 0 Å². The number of carboxylic acids is 1. The van der Waals surface area contributed by atoms with E-state index in [2.05, 4.69) is 5.32 Å². The predicted octanol–water partition coefficient (Wildman–Crippen LogP) is 1.51. The molecule has 20 heavy (non-hydrogen) atoms. The quantitative estimate of drug-likeness (QED) is 0.676. The number of carbonyl (C=O) groups is 1. The Balaban J connectivity index is 2.15. The molecule has 2 N–H and O–H groups in total. The number of aromatic carboxylic acids is 1. The molecule has 0 saturated carbocycles. The third-order valence-electron chi connectivity index (χ3n) is 2.94. The Kier molecular flexibility index (Phi) is 7.25. The van der Waals surface area contributed by atoms with Crippen LogP contribution >= 0.6 is 0 Å². The topological polar surface area (TPSA) is 75.6 Å². The molecule has 0 aliphatic carbocycles. The van der Waals surface area contributed by atoms with E-state index < -0.39 is 16.8 Å². The van der Waals surface area contributed by atoms with Crippen molar-refractivity contribution in [1.29, 1.82) is 0 Å². The van der Waals surface area contributed by atoms with Gasteiger partial charge in [-0.25, -0.2) is 4.79 Å². The average Bonchev–Trinajstić information content (AvgIpc) is 2.42. The van der Waals surface area contributed by atoms with Crippen LogP contribution in [0.5, 0.6) is 5.75 Å². The molecule has 2 atom stereocenters. The van der Waals surface area contributed by atoms with Gasteiger partial charge in [0.1, 0.15) is 12.4 Å². The highest BCUT2D eigenvalue weighted by atomic mass is 32.2. The van der Waals surface area contributed by atoms with E-state index in [1.165, 1.54) is 12.1 Å². The van der Waals surface area contributed by atoms with E-state index in [4.69, 9.17) is 9.84 Å². The van der Waals surface area contributed by atoms with Gasteiger partial charge in [-0.1, -0.05) is 6.92 Å². The van der Waals surface area contributed by atoms with Crippen molar-refractivity contribution >= 4 is 16.8 Å². The Morgan fingerprint density at radius 2 is 2.00 bits per heavy atom. The van der Waals surface area contributed by atoms with E-state index in [1.807, 2.05) is 6.92 Å². The van der Waals surface area contributed by atoms with Crippen LogP contribution in [0.1, 0.15) is 23.7 Å². The van der Waals surface area contributed by atoms with Crippen LogP contribution in [0, 0.1) is 0 Å². The third kappa shape index (κ3) is 6.16. The fourth-order valence-electron chi connectivity index (χ4n) is 1.53. The number of benzene rings is 1. The second-order valence-corrected chi connectivity index (χ2v) is 6.33. The van der Waals surface area contributed by atoms with Crippen LogP contribution in [0.15, 0.2) is 24.3 Å². The van der Waals surface area contributed by atoms with E-state index in [0.717, 1.165) is 13.0 Å². The van der Waals surface area contributed by atoms with Crippen molar-refractivity contribution < 1.29 is 18.8 Å². The molecule has 5 nitrogen and oxygen atoms in total. The molecule has 0 radical (unpaired) electrons. The smallest absolute Gasteiger partial charge is 0.335 e. The number of hydrogen-bond acceptors (Lipinski definition) is 4. The van der Waals surface area contributed by atoms with Crippen LogP contribution in [0.3, 0.4) is 0 Å². The summed E-state index contributed by atoms with van der Waals surface area (Å²) < 4.78 is 16.6. The SMILES string of the molecule is CC(CCNCCOc1ccc(C(=O)O)cc1)S(C)=O. The standard InChI is InChI=1S/C14H21NO4S/c1-11(20(2)18)7-8-15-9-10-19-13-5-3-12(4-6-13)14(16)17/h3-6,11,15H,7-10H2,1-2H3,(H,16,17). The van der Waals surface area contributed by atoms with E-state index in [1.54, 1.807) is 18.4 Å². The molecule has 2 unspecified atom stereocenters.